The summed E-state index contributed by atoms with van der Waals surface area (Å²) < 4.78 is 31.7. The molecule has 1 aromatic carbocycles. The van der Waals surface area contributed by atoms with Gasteiger partial charge in [0.15, 0.2) is 0 Å². The second-order valence-electron chi connectivity index (χ2n) is 5.57. The van der Waals surface area contributed by atoms with Crippen molar-refractivity contribution in [2.75, 3.05) is 23.9 Å². The van der Waals surface area contributed by atoms with E-state index in [1.54, 1.807) is 49.7 Å². The molecule has 1 aromatic heterocycles. The van der Waals surface area contributed by atoms with E-state index < -0.39 is 28.1 Å². The van der Waals surface area contributed by atoms with Gasteiger partial charge in [0.1, 0.15) is 4.21 Å². The lowest BCUT2D eigenvalue weighted by atomic mass is 10.2. The minimum atomic E-state index is -3.74. The van der Waals surface area contributed by atoms with E-state index in [9.17, 15) is 18.0 Å². The average Bonchev–Trinajstić information content (AvgIpc) is 3.17. The Morgan fingerprint density at radius 1 is 1.22 bits per heavy atom. The van der Waals surface area contributed by atoms with Crippen LogP contribution in [0.5, 0.6) is 0 Å². The molecule has 2 amide bonds. The van der Waals surface area contributed by atoms with Crippen LogP contribution < -0.4 is 14.9 Å². The van der Waals surface area contributed by atoms with Crippen LogP contribution in [0.2, 0.25) is 0 Å². The molecule has 0 saturated heterocycles. The number of hydrogen-bond acceptors (Lipinski definition) is 6. The first-order valence-electron chi connectivity index (χ1n) is 8.12. The van der Waals surface area contributed by atoms with Crippen molar-refractivity contribution in [2.45, 2.75) is 24.1 Å². The summed E-state index contributed by atoms with van der Waals surface area (Å²) in [5, 5.41) is 4.28. The van der Waals surface area contributed by atoms with Crippen LogP contribution in [-0.2, 0) is 19.6 Å². The van der Waals surface area contributed by atoms with Crippen LogP contribution in [0.3, 0.4) is 0 Å². The molecule has 2 aromatic rings. The maximum atomic E-state index is 12.3. The summed E-state index contributed by atoms with van der Waals surface area (Å²) in [6.07, 6.45) is -0.481. The lowest BCUT2D eigenvalue weighted by Crippen LogP contribution is -2.41. The third-order valence-corrected chi connectivity index (χ3v) is 6.49. The lowest BCUT2D eigenvalue weighted by molar-refractivity contribution is -0.117. The van der Waals surface area contributed by atoms with Crippen molar-refractivity contribution in [3.8, 4) is 0 Å². The van der Waals surface area contributed by atoms with E-state index in [1.165, 1.54) is 17.9 Å². The van der Waals surface area contributed by atoms with Gasteiger partial charge in [-0.25, -0.2) is 13.2 Å². The molecule has 1 heterocycles. The zero-order valence-corrected chi connectivity index (χ0v) is 16.8. The number of rotatable bonds is 7. The highest BCUT2D eigenvalue weighted by Gasteiger charge is 2.23. The lowest BCUT2D eigenvalue weighted by Gasteiger charge is -2.17. The molecule has 0 bridgehead atoms. The van der Waals surface area contributed by atoms with Crippen LogP contribution in [0.25, 0.3) is 0 Å². The first kappa shape index (κ1) is 20.9. The number of carbonyl (C=O) groups excluding carboxylic acids is 2. The minimum Gasteiger partial charge on any atom is -0.449 e. The molecule has 146 valence electrons. The van der Waals surface area contributed by atoms with Gasteiger partial charge >= 0.3 is 6.09 Å². The molecule has 0 saturated carbocycles. The Morgan fingerprint density at radius 2 is 1.89 bits per heavy atom. The molecule has 0 aliphatic carbocycles. The largest absolute Gasteiger partial charge is 0.449 e. The Kier molecular flexibility index (Phi) is 6.94. The smallest absolute Gasteiger partial charge is 0.413 e. The van der Waals surface area contributed by atoms with E-state index in [1.807, 2.05) is 0 Å². The average molecular weight is 412 g/mol. The van der Waals surface area contributed by atoms with E-state index in [2.05, 4.69) is 10.0 Å². The maximum absolute atomic E-state index is 12.3. The minimum absolute atomic E-state index is 0.147. The van der Waals surface area contributed by atoms with Gasteiger partial charge in [0.2, 0.25) is 5.91 Å². The molecule has 2 N–H and O–H groups in total. The Balaban J connectivity index is 1.98. The van der Waals surface area contributed by atoms with Crippen molar-refractivity contribution in [1.29, 1.82) is 0 Å². The molecule has 27 heavy (non-hydrogen) atoms. The summed E-state index contributed by atoms with van der Waals surface area (Å²) in [6, 6.07) is 8.65. The molecule has 2 rings (SSSR count). The van der Waals surface area contributed by atoms with Crippen molar-refractivity contribution in [3.63, 3.8) is 0 Å². The number of anilines is 2. The zero-order valence-electron chi connectivity index (χ0n) is 15.1. The summed E-state index contributed by atoms with van der Waals surface area (Å²) >= 11 is 1.07. The van der Waals surface area contributed by atoms with Gasteiger partial charge in [0.25, 0.3) is 10.0 Å². The van der Waals surface area contributed by atoms with Gasteiger partial charge in [-0.3, -0.25) is 9.69 Å². The first-order chi connectivity index (χ1) is 12.7. The molecule has 0 aliphatic rings. The number of thiophene rings is 1. The standard InChI is InChI=1S/C17H21N3O5S2/c1-4-25-17(22)20(3)14-9-7-13(8-10-14)18-16(21)12(2)19-27(23,24)15-6-5-11-26-15/h5-12,19H,4H2,1-3H3,(H,18,21). The SMILES string of the molecule is CCOC(=O)N(C)c1ccc(NC(=O)C(C)NS(=O)(=O)c2cccs2)cc1. The van der Waals surface area contributed by atoms with Crippen LogP contribution in [0, 0.1) is 0 Å². The summed E-state index contributed by atoms with van der Waals surface area (Å²) in [4.78, 5) is 25.3. The van der Waals surface area contributed by atoms with E-state index in [4.69, 9.17) is 4.74 Å². The van der Waals surface area contributed by atoms with Gasteiger partial charge < -0.3 is 10.1 Å². The monoisotopic (exact) mass is 411 g/mol. The molecule has 0 radical (unpaired) electrons. The first-order valence-corrected chi connectivity index (χ1v) is 10.5. The fraction of sp³-hybridized carbons (Fsp3) is 0.294. The number of nitrogens with one attached hydrogen (secondary N) is 2. The molecule has 0 fully saturated rings. The highest BCUT2D eigenvalue weighted by atomic mass is 32.2. The second-order valence-corrected chi connectivity index (χ2v) is 8.46. The van der Waals surface area contributed by atoms with Crippen LogP contribution in [0.4, 0.5) is 16.2 Å². The summed E-state index contributed by atoms with van der Waals surface area (Å²) in [6.45, 7) is 3.46. The number of ether oxygens (including phenoxy) is 1. The second kappa shape index (κ2) is 8.98. The van der Waals surface area contributed by atoms with E-state index in [-0.39, 0.29) is 10.8 Å². The third-order valence-electron chi connectivity index (χ3n) is 3.55. The van der Waals surface area contributed by atoms with Crippen molar-refractivity contribution >= 4 is 44.7 Å². The summed E-state index contributed by atoms with van der Waals surface area (Å²) in [7, 11) is -2.16. The van der Waals surface area contributed by atoms with Crippen molar-refractivity contribution < 1.29 is 22.7 Å². The van der Waals surface area contributed by atoms with Crippen LogP contribution in [-0.4, -0.2) is 40.1 Å². The van der Waals surface area contributed by atoms with Gasteiger partial charge in [0.05, 0.1) is 12.6 Å². The predicted octanol–water partition coefficient (Wildman–Crippen LogP) is 2.65. The zero-order chi connectivity index (χ0) is 20.0. The Labute approximate surface area is 162 Å². The number of sulfonamides is 1. The van der Waals surface area contributed by atoms with Gasteiger partial charge in [-0.2, -0.15) is 4.72 Å². The Bertz CT molecular complexity index is 880. The van der Waals surface area contributed by atoms with Crippen molar-refractivity contribution in [3.05, 3.63) is 41.8 Å². The molecular weight excluding hydrogens is 390 g/mol. The van der Waals surface area contributed by atoms with E-state index >= 15 is 0 Å². The topological polar surface area (TPSA) is 105 Å². The highest BCUT2D eigenvalue weighted by molar-refractivity contribution is 7.91. The number of amides is 2. The molecular formula is C17H21N3O5S2. The maximum Gasteiger partial charge on any atom is 0.413 e. The van der Waals surface area contributed by atoms with Crippen molar-refractivity contribution in [2.24, 2.45) is 0 Å². The molecule has 0 spiro atoms. The molecule has 0 aliphatic heterocycles. The normalized spacial score (nSPS) is 12.3. The highest BCUT2D eigenvalue weighted by Crippen LogP contribution is 2.19. The summed E-state index contributed by atoms with van der Waals surface area (Å²) in [5.41, 5.74) is 1.07. The number of carbonyl (C=O) groups is 2. The Hall–Kier alpha value is -2.43. The number of nitrogens with zero attached hydrogens (tertiary/aromatic N) is 1. The van der Waals surface area contributed by atoms with Crippen molar-refractivity contribution in [1.82, 2.24) is 4.72 Å². The van der Waals surface area contributed by atoms with Crippen LogP contribution in [0.1, 0.15) is 13.8 Å². The predicted molar refractivity (Wildman–Crippen MR) is 105 cm³/mol. The van der Waals surface area contributed by atoms with Gasteiger partial charge in [-0.05, 0) is 49.6 Å². The van der Waals surface area contributed by atoms with Crippen LogP contribution in [0.15, 0.2) is 46.0 Å². The molecule has 1 unspecified atom stereocenters. The molecule has 1 atom stereocenters. The molecule has 8 nitrogen and oxygen atoms in total. The van der Waals surface area contributed by atoms with Crippen LogP contribution >= 0.6 is 11.3 Å². The Morgan fingerprint density at radius 3 is 2.44 bits per heavy atom. The fourth-order valence-electron chi connectivity index (χ4n) is 2.11. The number of hydrogen-bond donors (Lipinski definition) is 2. The van der Waals surface area contributed by atoms with E-state index in [0.717, 1.165) is 11.3 Å². The van der Waals surface area contributed by atoms with Gasteiger partial charge in [-0.15, -0.1) is 11.3 Å². The van der Waals surface area contributed by atoms with Gasteiger partial charge in [0, 0.05) is 18.4 Å². The molecule has 10 heteroatoms. The van der Waals surface area contributed by atoms with Gasteiger partial charge in [-0.1, -0.05) is 6.07 Å². The fourth-order valence-corrected chi connectivity index (χ4v) is 4.32. The van der Waals surface area contributed by atoms with E-state index in [0.29, 0.717) is 11.4 Å². The third kappa shape index (κ3) is 5.52. The summed E-state index contributed by atoms with van der Waals surface area (Å²) in [5.74, 6) is -0.498. The quantitative estimate of drug-likeness (QED) is 0.729. The number of benzene rings is 1.